The van der Waals surface area contributed by atoms with Gasteiger partial charge < -0.3 is 4.98 Å². The normalized spacial score (nSPS) is 10.8. The smallest absolute Gasteiger partial charge is 0.190 e. The van der Waals surface area contributed by atoms with Crippen LogP contribution in [-0.2, 0) is 0 Å². The van der Waals surface area contributed by atoms with E-state index in [2.05, 4.69) is 4.98 Å². The Morgan fingerprint density at radius 2 is 1.79 bits per heavy atom. The summed E-state index contributed by atoms with van der Waals surface area (Å²) in [5, 5.41) is 0.416. The van der Waals surface area contributed by atoms with Crippen LogP contribution in [0.5, 0.6) is 0 Å². The molecule has 3 heteroatoms. The maximum atomic E-state index is 13.9. The van der Waals surface area contributed by atoms with Crippen molar-refractivity contribution in [2.75, 3.05) is 0 Å². The summed E-state index contributed by atoms with van der Waals surface area (Å²) in [5.74, 6) is -0.407. The number of aryl methyl sites for hydroxylation is 1. The fourth-order valence-corrected chi connectivity index (χ4v) is 2.27. The summed E-state index contributed by atoms with van der Waals surface area (Å²) in [4.78, 5) is 15.2. The van der Waals surface area contributed by atoms with Gasteiger partial charge in [0.2, 0.25) is 0 Å². The van der Waals surface area contributed by atoms with Crippen molar-refractivity contribution in [1.29, 1.82) is 0 Å². The molecule has 0 atom stereocenters. The maximum absolute atomic E-state index is 13.9. The first-order chi connectivity index (χ1) is 9.16. The molecule has 0 saturated heterocycles. The molecule has 0 radical (unpaired) electrons. The molecule has 19 heavy (non-hydrogen) atoms. The Labute approximate surface area is 109 Å². The predicted molar refractivity (Wildman–Crippen MR) is 74.7 cm³/mol. The van der Waals surface area contributed by atoms with Crippen molar-refractivity contribution >= 4 is 10.9 Å². The standard InChI is InChI=1S/C16H12FNO/c1-10-7-8-12(17)16-15(10)14(19)9-13(18-16)11-5-3-2-4-6-11/h2-9H,1H3,(H,18,19). The van der Waals surface area contributed by atoms with Crippen LogP contribution in [0.25, 0.3) is 22.2 Å². The van der Waals surface area contributed by atoms with Crippen LogP contribution in [0.2, 0.25) is 0 Å². The second-order valence-corrected chi connectivity index (χ2v) is 4.53. The third-order valence-corrected chi connectivity index (χ3v) is 3.23. The average molecular weight is 253 g/mol. The van der Waals surface area contributed by atoms with E-state index in [9.17, 15) is 9.18 Å². The minimum atomic E-state index is -0.407. The second kappa shape index (κ2) is 4.35. The van der Waals surface area contributed by atoms with Crippen molar-refractivity contribution in [2.45, 2.75) is 6.92 Å². The van der Waals surface area contributed by atoms with E-state index in [4.69, 9.17) is 0 Å². The van der Waals surface area contributed by atoms with Crippen LogP contribution in [0.1, 0.15) is 5.56 Å². The first kappa shape index (κ1) is 11.7. The molecule has 1 aromatic heterocycles. The zero-order chi connectivity index (χ0) is 13.4. The molecule has 0 saturated carbocycles. The molecule has 2 nitrogen and oxygen atoms in total. The summed E-state index contributed by atoms with van der Waals surface area (Å²) in [6.45, 7) is 1.80. The van der Waals surface area contributed by atoms with Crippen LogP contribution in [0.3, 0.4) is 0 Å². The fraction of sp³-hybridized carbons (Fsp3) is 0.0625. The molecule has 0 unspecified atom stereocenters. The Hall–Kier alpha value is -2.42. The van der Waals surface area contributed by atoms with E-state index in [-0.39, 0.29) is 10.9 Å². The average Bonchev–Trinajstić information content (AvgIpc) is 2.43. The Kier molecular flexibility index (Phi) is 2.67. The number of hydrogen-bond donors (Lipinski definition) is 1. The number of nitrogens with one attached hydrogen (secondary N) is 1. The Balaban J connectivity index is 2.38. The van der Waals surface area contributed by atoms with Crippen LogP contribution in [0.4, 0.5) is 4.39 Å². The lowest BCUT2D eigenvalue weighted by atomic mass is 10.1. The van der Waals surface area contributed by atoms with E-state index < -0.39 is 5.82 Å². The molecule has 0 aliphatic heterocycles. The number of rotatable bonds is 1. The molecule has 0 spiro atoms. The van der Waals surface area contributed by atoms with Gasteiger partial charge in [0.15, 0.2) is 5.43 Å². The van der Waals surface area contributed by atoms with Gasteiger partial charge in [0.25, 0.3) is 0 Å². The van der Waals surface area contributed by atoms with Gasteiger partial charge in [-0.15, -0.1) is 0 Å². The fourth-order valence-electron chi connectivity index (χ4n) is 2.27. The zero-order valence-electron chi connectivity index (χ0n) is 10.4. The Morgan fingerprint density at radius 1 is 1.05 bits per heavy atom. The van der Waals surface area contributed by atoms with E-state index in [0.717, 1.165) is 11.1 Å². The van der Waals surface area contributed by atoms with Gasteiger partial charge in [0.05, 0.1) is 10.9 Å². The summed E-state index contributed by atoms with van der Waals surface area (Å²) in [5.41, 5.74) is 2.37. The van der Waals surface area contributed by atoms with Gasteiger partial charge in [-0.3, -0.25) is 4.79 Å². The molecule has 0 aliphatic carbocycles. The van der Waals surface area contributed by atoms with Crippen molar-refractivity contribution in [2.24, 2.45) is 0 Å². The van der Waals surface area contributed by atoms with E-state index in [1.165, 1.54) is 12.1 Å². The zero-order valence-corrected chi connectivity index (χ0v) is 10.4. The molecule has 2 aromatic carbocycles. The lowest BCUT2D eigenvalue weighted by Crippen LogP contribution is -2.06. The minimum Gasteiger partial charge on any atom is -0.352 e. The third-order valence-electron chi connectivity index (χ3n) is 3.23. The molecule has 0 amide bonds. The number of aromatic amines is 1. The highest BCUT2D eigenvalue weighted by atomic mass is 19.1. The van der Waals surface area contributed by atoms with E-state index >= 15 is 0 Å². The van der Waals surface area contributed by atoms with Gasteiger partial charge in [0, 0.05) is 11.8 Å². The van der Waals surface area contributed by atoms with Gasteiger partial charge in [-0.25, -0.2) is 4.39 Å². The van der Waals surface area contributed by atoms with Gasteiger partial charge in [-0.05, 0) is 24.1 Å². The van der Waals surface area contributed by atoms with Crippen LogP contribution in [-0.4, -0.2) is 4.98 Å². The number of halogens is 1. The van der Waals surface area contributed by atoms with Gasteiger partial charge in [-0.2, -0.15) is 0 Å². The van der Waals surface area contributed by atoms with E-state index in [1.54, 1.807) is 13.0 Å². The van der Waals surface area contributed by atoms with E-state index in [1.807, 2.05) is 30.3 Å². The quantitative estimate of drug-likeness (QED) is 0.705. The monoisotopic (exact) mass is 253 g/mol. The van der Waals surface area contributed by atoms with Crippen LogP contribution in [0, 0.1) is 12.7 Å². The van der Waals surface area contributed by atoms with E-state index in [0.29, 0.717) is 11.1 Å². The highest BCUT2D eigenvalue weighted by molar-refractivity contribution is 5.84. The molecule has 3 aromatic rings. The van der Waals surface area contributed by atoms with Crippen molar-refractivity contribution in [3.8, 4) is 11.3 Å². The minimum absolute atomic E-state index is 0.162. The molecular formula is C16H12FNO. The largest absolute Gasteiger partial charge is 0.352 e. The summed E-state index contributed by atoms with van der Waals surface area (Å²) in [6, 6.07) is 13.9. The van der Waals surface area contributed by atoms with Crippen molar-refractivity contribution < 1.29 is 4.39 Å². The number of pyridine rings is 1. The van der Waals surface area contributed by atoms with Crippen molar-refractivity contribution in [3.05, 3.63) is 70.1 Å². The topological polar surface area (TPSA) is 32.9 Å². The summed E-state index contributed by atoms with van der Waals surface area (Å²) in [7, 11) is 0. The van der Waals surface area contributed by atoms with Crippen LogP contribution < -0.4 is 5.43 Å². The lowest BCUT2D eigenvalue weighted by Gasteiger charge is -2.07. The predicted octanol–water partition coefficient (Wildman–Crippen LogP) is 3.64. The molecule has 3 rings (SSSR count). The SMILES string of the molecule is Cc1ccc(F)c2[nH]c(-c3ccccc3)cc(=O)c12. The molecular weight excluding hydrogens is 241 g/mol. The number of hydrogen-bond acceptors (Lipinski definition) is 1. The van der Waals surface area contributed by atoms with Crippen molar-refractivity contribution in [1.82, 2.24) is 4.98 Å². The molecule has 0 fully saturated rings. The maximum Gasteiger partial charge on any atom is 0.190 e. The summed E-state index contributed by atoms with van der Waals surface area (Å²) in [6.07, 6.45) is 0. The number of fused-ring (bicyclic) bond motifs is 1. The number of benzene rings is 2. The lowest BCUT2D eigenvalue weighted by molar-refractivity contribution is 0.636. The molecule has 1 heterocycles. The molecule has 0 aliphatic rings. The molecule has 0 bridgehead atoms. The first-order valence-electron chi connectivity index (χ1n) is 6.04. The second-order valence-electron chi connectivity index (χ2n) is 4.53. The number of aromatic nitrogens is 1. The number of H-pyrrole nitrogens is 1. The van der Waals surface area contributed by atoms with Crippen molar-refractivity contribution in [3.63, 3.8) is 0 Å². The van der Waals surface area contributed by atoms with Gasteiger partial charge in [-0.1, -0.05) is 36.4 Å². The first-order valence-corrected chi connectivity index (χ1v) is 6.04. The molecule has 1 N–H and O–H groups in total. The Morgan fingerprint density at radius 3 is 2.53 bits per heavy atom. The Bertz CT molecular complexity index is 806. The van der Waals surface area contributed by atoms with Gasteiger partial charge in [0.1, 0.15) is 5.82 Å². The van der Waals surface area contributed by atoms with Gasteiger partial charge >= 0.3 is 0 Å². The summed E-state index contributed by atoms with van der Waals surface area (Å²) < 4.78 is 13.9. The molecule has 94 valence electrons. The highest BCUT2D eigenvalue weighted by Crippen LogP contribution is 2.21. The summed E-state index contributed by atoms with van der Waals surface area (Å²) >= 11 is 0. The van der Waals surface area contributed by atoms with Crippen LogP contribution >= 0.6 is 0 Å². The third kappa shape index (κ3) is 1.93. The van der Waals surface area contributed by atoms with Crippen LogP contribution in [0.15, 0.2) is 53.3 Å². The highest BCUT2D eigenvalue weighted by Gasteiger charge is 2.09.